The van der Waals surface area contributed by atoms with Crippen LogP contribution in [0.3, 0.4) is 0 Å². The molecule has 6 atom stereocenters. The molecule has 16 heavy (non-hydrogen) atoms. The highest BCUT2D eigenvalue weighted by atomic mass is 16.3. The van der Waals surface area contributed by atoms with Gasteiger partial charge in [-0.05, 0) is 67.6 Å². The average molecular weight is 222 g/mol. The van der Waals surface area contributed by atoms with Crippen molar-refractivity contribution in [3.8, 4) is 0 Å². The van der Waals surface area contributed by atoms with Gasteiger partial charge in [-0.2, -0.15) is 0 Å². The van der Waals surface area contributed by atoms with Crippen molar-refractivity contribution in [1.82, 2.24) is 0 Å². The summed E-state index contributed by atoms with van der Waals surface area (Å²) in [5.41, 5.74) is 0.471. The van der Waals surface area contributed by atoms with E-state index >= 15 is 0 Å². The molecule has 0 amide bonds. The van der Waals surface area contributed by atoms with Crippen molar-refractivity contribution in [2.45, 2.75) is 65.4 Å². The summed E-state index contributed by atoms with van der Waals surface area (Å²) in [6.07, 6.45) is 6.55. The monoisotopic (exact) mass is 222 g/mol. The van der Waals surface area contributed by atoms with Crippen molar-refractivity contribution in [3.63, 3.8) is 0 Å². The lowest BCUT2D eigenvalue weighted by molar-refractivity contribution is -0.0179. The summed E-state index contributed by atoms with van der Waals surface area (Å²) in [6.45, 7) is 9.30. The summed E-state index contributed by atoms with van der Waals surface area (Å²) in [5, 5.41) is 10.7. The van der Waals surface area contributed by atoms with Gasteiger partial charge in [0.1, 0.15) is 0 Å². The van der Waals surface area contributed by atoms with Crippen molar-refractivity contribution >= 4 is 0 Å². The minimum Gasteiger partial charge on any atom is -0.390 e. The SMILES string of the molecule is C[C@@H]1CC[C@]23C1CC[C@@]2(C)C[C@](C)(O)[C@H]3C. The summed E-state index contributed by atoms with van der Waals surface area (Å²) in [7, 11) is 0. The van der Waals surface area contributed by atoms with Gasteiger partial charge in [-0.15, -0.1) is 0 Å². The molecule has 0 aliphatic heterocycles. The summed E-state index contributed by atoms with van der Waals surface area (Å²) in [5.74, 6) is 2.27. The molecule has 1 N–H and O–H groups in total. The Balaban J connectivity index is 2.10. The van der Waals surface area contributed by atoms with Crippen LogP contribution in [0.1, 0.15) is 59.8 Å². The second-order valence-corrected chi connectivity index (χ2v) is 7.52. The summed E-state index contributed by atoms with van der Waals surface area (Å²) in [6, 6.07) is 0. The number of rotatable bonds is 0. The van der Waals surface area contributed by atoms with E-state index in [0.29, 0.717) is 16.7 Å². The third-order valence-corrected chi connectivity index (χ3v) is 6.95. The molecule has 3 fully saturated rings. The Labute approximate surface area is 99.6 Å². The minimum absolute atomic E-state index is 0.419. The highest BCUT2D eigenvalue weighted by Gasteiger charge is 2.71. The molecule has 3 aliphatic carbocycles. The lowest BCUT2D eigenvalue weighted by Gasteiger charge is -2.42. The molecule has 0 radical (unpaired) electrons. The van der Waals surface area contributed by atoms with Gasteiger partial charge < -0.3 is 5.11 Å². The molecule has 1 nitrogen and oxygen atoms in total. The zero-order valence-corrected chi connectivity index (χ0v) is 11.2. The predicted molar refractivity (Wildman–Crippen MR) is 66.1 cm³/mol. The van der Waals surface area contributed by atoms with Crippen molar-refractivity contribution in [3.05, 3.63) is 0 Å². The number of aliphatic hydroxyl groups is 1. The maximum Gasteiger partial charge on any atom is 0.0656 e. The van der Waals surface area contributed by atoms with Crippen LogP contribution in [0.5, 0.6) is 0 Å². The second kappa shape index (κ2) is 2.85. The highest BCUT2D eigenvalue weighted by Crippen LogP contribution is 2.76. The summed E-state index contributed by atoms with van der Waals surface area (Å²) >= 11 is 0. The molecule has 3 saturated carbocycles. The molecule has 1 unspecified atom stereocenters. The summed E-state index contributed by atoms with van der Waals surface area (Å²) in [4.78, 5) is 0. The van der Waals surface area contributed by atoms with E-state index in [-0.39, 0.29) is 0 Å². The summed E-state index contributed by atoms with van der Waals surface area (Å²) < 4.78 is 0. The lowest BCUT2D eigenvalue weighted by atomic mass is 9.62. The first-order chi connectivity index (χ1) is 7.33. The van der Waals surface area contributed by atoms with Crippen LogP contribution in [-0.4, -0.2) is 10.7 Å². The van der Waals surface area contributed by atoms with Crippen LogP contribution in [0.25, 0.3) is 0 Å². The Hall–Kier alpha value is -0.0400. The first kappa shape index (κ1) is 11.1. The second-order valence-electron chi connectivity index (χ2n) is 7.52. The maximum atomic E-state index is 10.7. The molecule has 1 heteroatoms. The van der Waals surface area contributed by atoms with Crippen molar-refractivity contribution in [2.75, 3.05) is 0 Å². The van der Waals surface area contributed by atoms with Crippen molar-refractivity contribution in [2.24, 2.45) is 28.6 Å². The van der Waals surface area contributed by atoms with Gasteiger partial charge in [-0.25, -0.2) is 0 Å². The van der Waals surface area contributed by atoms with Gasteiger partial charge in [0, 0.05) is 0 Å². The molecular weight excluding hydrogens is 196 g/mol. The average Bonchev–Trinajstić information content (AvgIpc) is 2.68. The van der Waals surface area contributed by atoms with E-state index in [0.717, 1.165) is 18.3 Å². The lowest BCUT2D eigenvalue weighted by Crippen LogP contribution is -2.40. The molecule has 0 saturated heterocycles. The third-order valence-electron chi connectivity index (χ3n) is 6.95. The fourth-order valence-corrected chi connectivity index (χ4v) is 6.17. The minimum atomic E-state index is -0.419. The van der Waals surface area contributed by atoms with Crippen LogP contribution in [0.2, 0.25) is 0 Å². The van der Waals surface area contributed by atoms with Gasteiger partial charge in [-0.3, -0.25) is 0 Å². The van der Waals surface area contributed by atoms with Gasteiger partial charge in [0.05, 0.1) is 5.60 Å². The molecule has 0 aromatic heterocycles. The van der Waals surface area contributed by atoms with Gasteiger partial charge in [0.15, 0.2) is 0 Å². The van der Waals surface area contributed by atoms with E-state index in [1.807, 2.05) is 0 Å². The third kappa shape index (κ3) is 0.978. The van der Waals surface area contributed by atoms with Gasteiger partial charge in [-0.1, -0.05) is 20.8 Å². The Morgan fingerprint density at radius 3 is 2.44 bits per heavy atom. The van der Waals surface area contributed by atoms with Crippen LogP contribution in [0.15, 0.2) is 0 Å². The first-order valence-corrected chi connectivity index (χ1v) is 7.06. The Kier molecular flexibility index (Phi) is 1.98. The van der Waals surface area contributed by atoms with Crippen LogP contribution in [0, 0.1) is 28.6 Å². The van der Waals surface area contributed by atoms with E-state index < -0.39 is 5.60 Å². The smallest absolute Gasteiger partial charge is 0.0656 e. The van der Waals surface area contributed by atoms with Crippen LogP contribution in [-0.2, 0) is 0 Å². The number of hydrogen-bond donors (Lipinski definition) is 1. The van der Waals surface area contributed by atoms with E-state index in [9.17, 15) is 5.11 Å². The molecule has 92 valence electrons. The molecule has 1 spiro atoms. The quantitative estimate of drug-likeness (QED) is 0.664. The fourth-order valence-electron chi connectivity index (χ4n) is 6.17. The van der Waals surface area contributed by atoms with E-state index in [4.69, 9.17) is 0 Å². The molecule has 0 heterocycles. The number of hydrogen-bond acceptors (Lipinski definition) is 1. The van der Waals surface area contributed by atoms with Crippen LogP contribution < -0.4 is 0 Å². The Morgan fingerprint density at radius 1 is 1.06 bits per heavy atom. The molecule has 0 aromatic carbocycles. The van der Waals surface area contributed by atoms with Crippen molar-refractivity contribution in [1.29, 1.82) is 0 Å². The molecule has 0 bridgehead atoms. The predicted octanol–water partition coefficient (Wildman–Crippen LogP) is 3.61. The molecule has 0 aromatic rings. The normalized spacial score (nSPS) is 64.7. The zero-order chi connectivity index (χ0) is 11.8. The Morgan fingerprint density at radius 2 is 1.75 bits per heavy atom. The van der Waals surface area contributed by atoms with Crippen LogP contribution >= 0.6 is 0 Å². The van der Waals surface area contributed by atoms with Crippen LogP contribution in [0.4, 0.5) is 0 Å². The standard InChI is InChI=1S/C15H26O/c1-10-5-8-15-11(2)14(4,16)9-13(15,3)7-6-12(10)15/h10-12,16H,5-9H2,1-4H3/t10-,11-,12?,13+,14+,15+/m1/s1. The molecule has 3 rings (SSSR count). The van der Waals surface area contributed by atoms with Gasteiger partial charge in [0.2, 0.25) is 0 Å². The van der Waals surface area contributed by atoms with Gasteiger partial charge in [0.25, 0.3) is 0 Å². The molecular formula is C15H26O. The van der Waals surface area contributed by atoms with E-state index in [1.54, 1.807) is 0 Å². The first-order valence-electron chi connectivity index (χ1n) is 7.06. The van der Waals surface area contributed by atoms with E-state index in [2.05, 4.69) is 27.7 Å². The topological polar surface area (TPSA) is 20.2 Å². The molecule has 3 aliphatic rings. The van der Waals surface area contributed by atoms with Crippen molar-refractivity contribution < 1.29 is 5.11 Å². The Bertz CT molecular complexity index is 321. The highest BCUT2D eigenvalue weighted by molar-refractivity contribution is 5.20. The zero-order valence-electron chi connectivity index (χ0n) is 11.2. The largest absolute Gasteiger partial charge is 0.390 e. The van der Waals surface area contributed by atoms with Gasteiger partial charge >= 0.3 is 0 Å². The maximum absolute atomic E-state index is 10.7. The van der Waals surface area contributed by atoms with E-state index in [1.165, 1.54) is 25.7 Å². The fraction of sp³-hybridized carbons (Fsp3) is 1.00.